The van der Waals surface area contributed by atoms with Gasteiger partial charge in [-0.15, -0.1) is 5.10 Å². The molecule has 0 aliphatic heterocycles. The molecule has 2 heterocycles. The predicted molar refractivity (Wildman–Crippen MR) is 75.4 cm³/mol. The summed E-state index contributed by atoms with van der Waals surface area (Å²) in [6.07, 6.45) is 1.85. The lowest BCUT2D eigenvalue weighted by Crippen LogP contribution is -1.97. The van der Waals surface area contributed by atoms with Gasteiger partial charge in [-0.05, 0) is 12.1 Å². The summed E-state index contributed by atoms with van der Waals surface area (Å²) in [7, 11) is 0. The second kappa shape index (κ2) is 4.88. The third kappa shape index (κ3) is 2.38. The molecule has 3 aromatic rings. The Bertz CT molecular complexity index is 721. The van der Waals surface area contributed by atoms with E-state index < -0.39 is 0 Å². The first-order valence-corrected chi connectivity index (χ1v) is 6.69. The number of imidazole rings is 1. The minimum Gasteiger partial charge on any atom is -0.347 e. The van der Waals surface area contributed by atoms with Crippen LogP contribution in [0.15, 0.2) is 30.5 Å². The molecule has 0 atom stereocenters. The van der Waals surface area contributed by atoms with E-state index in [1.165, 1.54) is 11.3 Å². The van der Waals surface area contributed by atoms with Crippen LogP contribution in [-0.4, -0.2) is 21.1 Å². The summed E-state index contributed by atoms with van der Waals surface area (Å²) in [5, 5.41) is 17.1. The van der Waals surface area contributed by atoms with Gasteiger partial charge in [0.1, 0.15) is 6.54 Å². The highest BCUT2D eigenvalue weighted by atomic mass is 35.5. The zero-order valence-corrected chi connectivity index (χ0v) is 11.2. The Labute approximate surface area is 118 Å². The number of fused-ring (bicyclic) bond motifs is 1. The summed E-state index contributed by atoms with van der Waals surface area (Å²) in [5.41, 5.74) is 1.84. The number of nitrogens with zero attached hydrogens (tertiary/aromatic N) is 4. The Balaban J connectivity index is 1.92. The van der Waals surface area contributed by atoms with E-state index in [0.29, 0.717) is 10.2 Å². The first kappa shape index (κ1) is 12.0. The standard InChI is InChI=1S/C12H8ClN5S/c13-9-3-1-8(2-4-9)10-7-18-12(16-10)19-11(17-18)15-6-5-14/h1-4,7H,6H2,(H,15,17). The molecule has 0 unspecified atom stereocenters. The zero-order chi connectivity index (χ0) is 13.2. The Morgan fingerprint density at radius 3 is 2.84 bits per heavy atom. The summed E-state index contributed by atoms with van der Waals surface area (Å²) in [5.74, 6) is 0. The first-order chi connectivity index (χ1) is 9.26. The van der Waals surface area contributed by atoms with Crippen LogP contribution in [0.4, 0.5) is 5.13 Å². The molecule has 0 radical (unpaired) electrons. The Morgan fingerprint density at radius 2 is 2.16 bits per heavy atom. The average molecular weight is 290 g/mol. The molecule has 0 saturated heterocycles. The van der Waals surface area contributed by atoms with Gasteiger partial charge in [-0.3, -0.25) is 0 Å². The van der Waals surface area contributed by atoms with Crippen LogP contribution in [0, 0.1) is 11.3 Å². The molecule has 5 nitrogen and oxygen atoms in total. The third-order valence-electron chi connectivity index (χ3n) is 2.50. The molecule has 1 N–H and O–H groups in total. The molecule has 1 aromatic carbocycles. The second-order valence-electron chi connectivity index (χ2n) is 3.78. The number of rotatable bonds is 3. The van der Waals surface area contributed by atoms with Gasteiger partial charge in [0.2, 0.25) is 10.1 Å². The van der Waals surface area contributed by atoms with Crippen molar-refractivity contribution in [2.24, 2.45) is 0 Å². The van der Waals surface area contributed by atoms with E-state index in [1.54, 1.807) is 4.52 Å². The maximum absolute atomic E-state index is 8.50. The molecule has 19 heavy (non-hydrogen) atoms. The van der Waals surface area contributed by atoms with Gasteiger partial charge in [0.05, 0.1) is 18.0 Å². The van der Waals surface area contributed by atoms with Gasteiger partial charge in [-0.1, -0.05) is 35.1 Å². The number of aromatic nitrogens is 3. The SMILES string of the molecule is N#CCNc1nn2cc(-c3ccc(Cl)cc3)nc2s1. The fraction of sp³-hybridized carbons (Fsp3) is 0.0833. The zero-order valence-electron chi connectivity index (χ0n) is 9.67. The second-order valence-corrected chi connectivity index (χ2v) is 5.17. The van der Waals surface area contributed by atoms with Crippen LogP contribution < -0.4 is 5.32 Å². The number of nitrogens with one attached hydrogen (secondary N) is 1. The van der Waals surface area contributed by atoms with E-state index in [9.17, 15) is 0 Å². The van der Waals surface area contributed by atoms with Crippen LogP contribution in [0.2, 0.25) is 5.02 Å². The number of nitriles is 1. The smallest absolute Gasteiger partial charge is 0.214 e. The van der Waals surface area contributed by atoms with Crippen LogP contribution in [-0.2, 0) is 0 Å². The van der Waals surface area contributed by atoms with E-state index in [4.69, 9.17) is 16.9 Å². The minimum absolute atomic E-state index is 0.237. The van der Waals surface area contributed by atoms with Crippen molar-refractivity contribution >= 4 is 33.0 Å². The molecule has 0 aliphatic carbocycles. The highest BCUT2D eigenvalue weighted by molar-refractivity contribution is 7.20. The molecule has 0 aliphatic rings. The quantitative estimate of drug-likeness (QED) is 0.753. The van der Waals surface area contributed by atoms with Crippen LogP contribution in [0.5, 0.6) is 0 Å². The fourth-order valence-corrected chi connectivity index (χ4v) is 2.55. The predicted octanol–water partition coefficient (Wildman–Crippen LogP) is 3.05. The van der Waals surface area contributed by atoms with E-state index in [0.717, 1.165) is 16.2 Å². The van der Waals surface area contributed by atoms with Gasteiger partial charge >= 0.3 is 0 Å². The molecule has 94 valence electrons. The van der Waals surface area contributed by atoms with E-state index in [2.05, 4.69) is 15.4 Å². The monoisotopic (exact) mass is 289 g/mol. The van der Waals surface area contributed by atoms with Crippen molar-refractivity contribution in [3.05, 3.63) is 35.5 Å². The van der Waals surface area contributed by atoms with E-state index >= 15 is 0 Å². The van der Waals surface area contributed by atoms with Crippen molar-refractivity contribution in [2.75, 3.05) is 11.9 Å². The van der Waals surface area contributed by atoms with E-state index in [1.807, 2.05) is 36.5 Å². The molecule has 0 saturated carbocycles. The van der Waals surface area contributed by atoms with Gasteiger partial charge < -0.3 is 5.32 Å². The maximum Gasteiger partial charge on any atom is 0.214 e. The van der Waals surface area contributed by atoms with Gasteiger partial charge in [-0.25, -0.2) is 9.50 Å². The number of anilines is 1. The van der Waals surface area contributed by atoms with Gasteiger partial charge in [0.15, 0.2) is 0 Å². The fourth-order valence-electron chi connectivity index (χ4n) is 1.65. The molecule has 0 amide bonds. The van der Waals surface area contributed by atoms with Crippen molar-refractivity contribution < 1.29 is 0 Å². The topological polar surface area (TPSA) is 66.0 Å². The lowest BCUT2D eigenvalue weighted by molar-refractivity contribution is 0.972. The van der Waals surface area contributed by atoms with Crippen LogP contribution in [0.1, 0.15) is 0 Å². The summed E-state index contributed by atoms with van der Waals surface area (Å²) in [6.45, 7) is 0.237. The molecule has 0 fully saturated rings. The Kier molecular flexibility index (Phi) is 3.07. The minimum atomic E-state index is 0.237. The van der Waals surface area contributed by atoms with E-state index in [-0.39, 0.29) is 6.54 Å². The highest BCUT2D eigenvalue weighted by Gasteiger charge is 2.09. The van der Waals surface area contributed by atoms with Crippen molar-refractivity contribution in [3.8, 4) is 17.3 Å². The van der Waals surface area contributed by atoms with Crippen LogP contribution >= 0.6 is 22.9 Å². The van der Waals surface area contributed by atoms with Crippen molar-refractivity contribution in [3.63, 3.8) is 0 Å². The number of hydrogen-bond acceptors (Lipinski definition) is 5. The first-order valence-electron chi connectivity index (χ1n) is 5.49. The molecular weight excluding hydrogens is 282 g/mol. The van der Waals surface area contributed by atoms with Crippen molar-refractivity contribution in [1.29, 1.82) is 5.26 Å². The van der Waals surface area contributed by atoms with Crippen molar-refractivity contribution in [1.82, 2.24) is 14.6 Å². The van der Waals surface area contributed by atoms with Crippen LogP contribution in [0.3, 0.4) is 0 Å². The summed E-state index contributed by atoms with van der Waals surface area (Å²) < 4.78 is 1.70. The Hall–Kier alpha value is -2.10. The third-order valence-corrected chi connectivity index (χ3v) is 3.63. The molecule has 2 aromatic heterocycles. The molecule has 0 spiro atoms. The molecule has 0 bridgehead atoms. The summed E-state index contributed by atoms with van der Waals surface area (Å²) in [6, 6.07) is 9.51. The number of benzene rings is 1. The highest BCUT2D eigenvalue weighted by Crippen LogP contribution is 2.25. The van der Waals surface area contributed by atoms with Crippen LogP contribution in [0.25, 0.3) is 16.2 Å². The molecule has 3 rings (SSSR count). The average Bonchev–Trinajstić information content (AvgIpc) is 2.95. The largest absolute Gasteiger partial charge is 0.347 e. The normalized spacial score (nSPS) is 10.5. The Morgan fingerprint density at radius 1 is 1.37 bits per heavy atom. The molecular formula is C12H8ClN5S. The molecule has 7 heteroatoms. The summed E-state index contributed by atoms with van der Waals surface area (Å²) >= 11 is 7.26. The van der Waals surface area contributed by atoms with Gasteiger partial charge in [-0.2, -0.15) is 5.26 Å². The summed E-state index contributed by atoms with van der Waals surface area (Å²) in [4.78, 5) is 5.28. The van der Waals surface area contributed by atoms with Gasteiger partial charge in [0, 0.05) is 10.6 Å². The lowest BCUT2D eigenvalue weighted by Gasteiger charge is -1.95. The lowest BCUT2D eigenvalue weighted by atomic mass is 10.2. The van der Waals surface area contributed by atoms with Crippen molar-refractivity contribution in [2.45, 2.75) is 0 Å². The maximum atomic E-state index is 8.50. The number of hydrogen-bond donors (Lipinski definition) is 1. The number of halogens is 1. The van der Waals surface area contributed by atoms with Gasteiger partial charge in [0.25, 0.3) is 0 Å².